The van der Waals surface area contributed by atoms with E-state index in [9.17, 15) is 9.18 Å². The lowest BCUT2D eigenvalue weighted by Gasteiger charge is -2.19. The summed E-state index contributed by atoms with van der Waals surface area (Å²) < 4.78 is 12.9. The summed E-state index contributed by atoms with van der Waals surface area (Å²) in [5, 5.41) is 2.67. The van der Waals surface area contributed by atoms with Crippen LogP contribution < -0.4 is 16.0 Å². The van der Waals surface area contributed by atoms with Crippen molar-refractivity contribution in [3.05, 3.63) is 54.3 Å². The van der Waals surface area contributed by atoms with Crippen molar-refractivity contribution >= 4 is 23.0 Å². The Morgan fingerprint density at radius 3 is 2.60 bits per heavy atom. The number of amides is 1. The van der Waals surface area contributed by atoms with E-state index in [2.05, 4.69) is 5.32 Å². The molecule has 2 aromatic rings. The van der Waals surface area contributed by atoms with E-state index in [0.29, 0.717) is 5.69 Å². The predicted octanol–water partition coefficient (Wildman–Crippen LogP) is 2.48. The molecule has 0 radical (unpaired) electrons. The molecule has 0 aliphatic heterocycles. The van der Waals surface area contributed by atoms with Gasteiger partial charge in [0.05, 0.1) is 17.9 Å². The van der Waals surface area contributed by atoms with Gasteiger partial charge in [-0.25, -0.2) is 4.39 Å². The molecule has 0 atom stereocenters. The first-order valence-corrected chi connectivity index (χ1v) is 6.17. The fourth-order valence-electron chi connectivity index (χ4n) is 1.83. The number of benzene rings is 2. The van der Waals surface area contributed by atoms with Gasteiger partial charge in [0.25, 0.3) is 0 Å². The molecule has 0 fully saturated rings. The summed E-state index contributed by atoms with van der Waals surface area (Å²) in [4.78, 5) is 13.7. The topological polar surface area (TPSA) is 58.4 Å². The Morgan fingerprint density at radius 1 is 1.25 bits per heavy atom. The lowest BCUT2D eigenvalue weighted by Crippen LogP contribution is -2.30. The van der Waals surface area contributed by atoms with Crippen LogP contribution in [0.1, 0.15) is 0 Å². The molecule has 3 N–H and O–H groups in total. The van der Waals surface area contributed by atoms with Gasteiger partial charge in [-0.1, -0.05) is 18.2 Å². The number of halogens is 1. The van der Waals surface area contributed by atoms with Crippen LogP contribution in [0.4, 0.5) is 21.5 Å². The molecule has 0 unspecified atom stereocenters. The molecule has 2 aromatic carbocycles. The number of hydrogen-bond acceptors (Lipinski definition) is 3. The lowest BCUT2D eigenvalue weighted by molar-refractivity contribution is -0.114. The number of nitrogens with one attached hydrogen (secondary N) is 1. The van der Waals surface area contributed by atoms with E-state index in [-0.39, 0.29) is 18.1 Å². The summed E-state index contributed by atoms with van der Waals surface area (Å²) in [7, 11) is 1.82. The molecule has 0 bridgehead atoms. The number of carbonyl (C=O) groups excluding carboxylic acids is 1. The summed E-state index contributed by atoms with van der Waals surface area (Å²) >= 11 is 0. The molecule has 0 spiro atoms. The number of nitrogens with zero attached hydrogens (tertiary/aromatic N) is 1. The van der Waals surface area contributed by atoms with Crippen molar-refractivity contribution < 1.29 is 9.18 Å². The third-order valence-corrected chi connectivity index (χ3v) is 2.87. The summed E-state index contributed by atoms with van der Waals surface area (Å²) in [5.74, 6) is -0.642. The zero-order valence-corrected chi connectivity index (χ0v) is 11.1. The lowest BCUT2D eigenvalue weighted by atomic mass is 10.2. The van der Waals surface area contributed by atoms with Gasteiger partial charge in [0.15, 0.2) is 0 Å². The fraction of sp³-hybridized carbons (Fsp3) is 0.133. The summed E-state index contributed by atoms with van der Waals surface area (Å²) in [6.07, 6.45) is 0. The quantitative estimate of drug-likeness (QED) is 0.841. The Balaban J connectivity index is 1.99. The third-order valence-electron chi connectivity index (χ3n) is 2.87. The van der Waals surface area contributed by atoms with Crippen LogP contribution in [0.15, 0.2) is 48.5 Å². The number of rotatable bonds is 4. The van der Waals surface area contributed by atoms with Crippen molar-refractivity contribution in [2.75, 3.05) is 29.5 Å². The number of anilines is 3. The molecule has 0 heterocycles. The highest BCUT2D eigenvalue weighted by molar-refractivity contribution is 5.96. The van der Waals surface area contributed by atoms with E-state index in [1.807, 2.05) is 42.3 Å². The van der Waals surface area contributed by atoms with Crippen molar-refractivity contribution in [3.8, 4) is 0 Å². The molecule has 0 saturated carbocycles. The van der Waals surface area contributed by atoms with Gasteiger partial charge in [-0.05, 0) is 30.3 Å². The first-order chi connectivity index (χ1) is 9.56. The molecular weight excluding hydrogens is 257 g/mol. The van der Waals surface area contributed by atoms with E-state index in [0.717, 1.165) is 5.69 Å². The minimum Gasteiger partial charge on any atom is -0.397 e. The number of para-hydroxylation sites is 1. The highest BCUT2D eigenvalue weighted by Crippen LogP contribution is 2.19. The molecule has 0 aliphatic rings. The van der Waals surface area contributed by atoms with Crippen molar-refractivity contribution in [2.24, 2.45) is 0 Å². The van der Waals surface area contributed by atoms with E-state index in [1.54, 1.807) is 0 Å². The summed E-state index contributed by atoms with van der Waals surface area (Å²) in [6, 6.07) is 13.4. The highest BCUT2D eigenvalue weighted by atomic mass is 19.1. The van der Waals surface area contributed by atoms with Gasteiger partial charge in [-0.15, -0.1) is 0 Å². The number of hydrogen-bond donors (Lipinski definition) is 2. The molecule has 5 heteroatoms. The van der Waals surface area contributed by atoms with E-state index in [4.69, 9.17) is 5.73 Å². The summed E-state index contributed by atoms with van der Waals surface area (Å²) in [6.45, 7) is 0.181. The molecule has 104 valence electrons. The average molecular weight is 273 g/mol. The standard InChI is InChI=1S/C15H16FN3O/c1-19(12-5-3-2-4-6-12)10-15(20)18-14-8-7-11(16)9-13(14)17/h2-9H,10,17H2,1H3,(H,18,20). The first-order valence-electron chi connectivity index (χ1n) is 6.17. The maximum Gasteiger partial charge on any atom is 0.243 e. The molecule has 0 aromatic heterocycles. The molecule has 2 rings (SSSR count). The van der Waals surface area contributed by atoms with Crippen LogP contribution in [0.25, 0.3) is 0 Å². The van der Waals surface area contributed by atoms with Crippen molar-refractivity contribution in [1.29, 1.82) is 0 Å². The predicted molar refractivity (Wildman–Crippen MR) is 79.2 cm³/mol. The number of nitrogen functional groups attached to an aromatic ring is 1. The Kier molecular flexibility index (Phi) is 4.20. The van der Waals surface area contributed by atoms with Gasteiger partial charge in [-0.3, -0.25) is 4.79 Å². The van der Waals surface area contributed by atoms with Crippen LogP contribution in [0, 0.1) is 5.82 Å². The maximum absolute atomic E-state index is 12.9. The zero-order chi connectivity index (χ0) is 14.5. The highest BCUT2D eigenvalue weighted by Gasteiger charge is 2.09. The second-order valence-electron chi connectivity index (χ2n) is 4.47. The van der Waals surface area contributed by atoms with E-state index in [1.165, 1.54) is 18.2 Å². The van der Waals surface area contributed by atoms with Crippen LogP contribution >= 0.6 is 0 Å². The fourth-order valence-corrected chi connectivity index (χ4v) is 1.83. The SMILES string of the molecule is CN(CC(=O)Nc1ccc(F)cc1N)c1ccccc1. The first kappa shape index (κ1) is 13.9. The minimum absolute atomic E-state index is 0.181. The normalized spacial score (nSPS) is 10.1. The van der Waals surface area contributed by atoms with Crippen LogP contribution in [0.3, 0.4) is 0 Å². The van der Waals surface area contributed by atoms with E-state index >= 15 is 0 Å². The Morgan fingerprint density at radius 2 is 1.95 bits per heavy atom. The average Bonchev–Trinajstić information content (AvgIpc) is 2.43. The Hall–Kier alpha value is -2.56. The smallest absolute Gasteiger partial charge is 0.243 e. The van der Waals surface area contributed by atoms with Crippen molar-refractivity contribution in [1.82, 2.24) is 0 Å². The van der Waals surface area contributed by atoms with Crippen molar-refractivity contribution in [2.45, 2.75) is 0 Å². The van der Waals surface area contributed by atoms with E-state index < -0.39 is 5.82 Å². The van der Waals surface area contributed by atoms with Crippen LogP contribution in [0.2, 0.25) is 0 Å². The van der Waals surface area contributed by atoms with Gasteiger partial charge in [0.1, 0.15) is 5.82 Å². The van der Waals surface area contributed by atoms with Crippen molar-refractivity contribution in [3.63, 3.8) is 0 Å². The van der Waals surface area contributed by atoms with Gasteiger partial charge in [-0.2, -0.15) is 0 Å². The largest absolute Gasteiger partial charge is 0.397 e. The Labute approximate surface area is 117 Å². The second kappa shape index (κ2) is 6.06. The Bertz CT molecular complexity index is 601. The van der Waals surface area contributed by atoms with Gasteiger partial charge < -0.3 is 16.0 Å². The van der Waals surface area contributed by atoms with Crippen LogP contribution in [0.5, 0.6) is 0 Å². The number of carbonyl (C=O) groups is 1. The molecule has 0 aliphatic carbocycles. The minimum atomic E-state index is -0.429. The molecule has 4 nitrogen and oxygen atoms in total. The summed E-state index contributed by atoms with van der Waals surface area (Å²) in [5.41, 5.74) is 7.21. The molecule has 1 amide bonds. The van der Waals surface area contributed by atoms with Gasteiger partial charge in [0.2, 0.25) is 5.91 Å². The van der Waals surface area contributed by atoms with Gasteiger partial charge >= 0.3 is 0 Å². The van der Waals surface area contributed by atoms with Gasteiger partial charge in [0, 0.05) is 12.7 Å². The van der Waals surface area contributed by atoms with Crippen LogP contribution in [-0.2, 0) is 4.79 Å². The number of likely N-dealkylation sites (N-methyl/N-ethyl adjacent to an activating group) is 1. The second-order valence-corrected chi connectivity index (χ2v) is 4.47. The zero-order valence-electron chi connectivity index (χ0n) is 11.1. The number of nitrogens with two attached hydrogens (primary N) is 1. The molecule has 0 saturated heterocycles. The monoisotopic (exact) mass is 273 g/mol. The molecule has 20 heavy (non-hydrogen) atoms. The van der Waals surface area contributed by atoms with Crippen LogP contribution in [-0.4, -0.2) is 19.5 Å². The third kappa shape index (κ3) is 3.47. The molecular formula is C15H16FN3O. The maximum atomic E-state index is 12.9.